The summed E-state index contributed by atoms with van der Waals surface area (Å²) >= 11 is 0. The molecular formula is C13H26O3. The van der Waals surface area contributed by atoms with E-state index in [2.05, 4.69) is 6.92 Å². The molecule has 0 saturated heterocycles. The van der Waals surface area contributed by atoms with Crippen LogP contribution in [-0.4, -0.2) is 24.3 Å². The lowest BCUT2D eigenvalue weighted by Gasteiger charge is -2.20. The van der Waals surface area contributed by atoms with Crippen molar-refractivity contribution in [3.63, 3.8) is 0 Å². The Labute approximate surface area is 99.2 Å². The minimum Gasteiger partial charge on any atom is -0.466 e. The van der Waals surface area contributed by atoms with Crippen LogP contribution in [0.4, 0.5) is 0 Å². The molecule has 0 aliphatic rings. The maximum absolute atomic E-state index is 11.3. The number of hydrogen-bond acceptors (Lipinski definition) is 3. The zero-order valence-corrected chi connectivity index (χ0v) is 10.9. The maximum Gasteiger partial charge on any atom is 0.305 e. The van der Waals surface area contributed by atoms with Gasteiger partial charge in [0.2, 0.25) is 0 Å². The van der Waals surface area contributed by atoms with Gasteiger partial charge in [-0.15, -0.1) is 0 Å². The summed E-state index contributed by atoms with van der Waals surface area (Å²) in [5.41, 5.74) is -0.179. The first-order chi connectivity index (χ1) is 7.52. The van der Waals surface area contributed by atoms with Crippen molar-refractivity contribution in [2.24, 2.45) is 5.41 Å². The van der Waals surface area contributed by atoms with E-state index in [4.69, 9.17) is 9.84 Å². The summed E-state index contributed by atoms with van der Waals surface area (Å²) in [6.45, 7) is 6.70. The first-order valence-corrected chi connectivity index (χ1v) is 6.28. The van der Waals surface area contributed by atoms with E-state index < -0.39 is 0 Å². The molecule has 0 fully saturated rings. The minimum absolute atomic E-state index is 0.108. The van der Waals surface area contributed by atoms with E-state index >= 15 is 0 Å². The fourth-order valence-electron chi connectivity index (χ4n) is 1.31. The average Bonchev–Trinajstić information content (AvgIpc) is 2.26. The van der Waals surface area contributed by atoms with Gasteiger partial charge in [0, 0.05) is 13.0 Å². The van der Waals surface area contributed by atoms with Crippen LogP contribution in [0.1, 0.15) is 59.3 Å². The number of carbonyl (C=O) groups excluding carboxylic acids is 1. The third kappa shape index (κ3) is 8.72. The molecule has 0 rings (SSSR count). The van der Waals surface area contributed by atoms with Gasteiger partial charge in [-0.05, 0) is 18.3 Å². The second-order valence-electron chi connectivity index (χ2n) is 5.10. The van der Waals surface area contributed by atoms with Gasteiger partial charge in [-0.25, -0.2) is 0 Å². The molecule has 0 aromatic carbocycles. The number of rotatable bonds is 9. The van der Waals surface area contributed by atoms with Gasteiger partial charge in [0.25, 0.3) is 0 Å². The molecule has 0 aliphatic heterocycles. The molecule has 0 amide bonds. The summed E-state index contributed by atoms with van der Waals surface area (Å²) in [7, 11) is 0. The standard InChI is InChI=1S/C13H26O3/c1-4-5-6-7-10-16-12(15)8-9-13(2,3)11-14/h14H,4-11H2,1-3H3. The van der Waals surface area contributed by atoms with E-state index in [1.54, 1.807) is 0 Å². The molecule has 16 heavy (non-hydrogen) atoms. The van der Waals surface area contributed by atoms with Crippen molar-refractivity contribution in [2.45, 2.75) is 59.3 Å². The zero-order chi connectivity index (χ0) is 12.4. The molecule has 1 N–H and O–H groups in total. The van der Waals surface area contributed by atoms with Crippen molar-refractivity contribution >= 4 is 5.97 Å². The lowest BCUT2D eigenvalue weighted by atomic mass is 9.89. The van der Waals surface area contributed by atoms with Gasteiger partial charge < -0.3 is 9.84 Å². The Hall–Kier alpha value is -0.570. The number of aliphatic hydroxyl groups is 1. The Morgan fingerprint density at radius 3 is 2.50 bits per heavy atom. The van der Waals surface area contributed by atoms with Gasteiger partial charge in [0.15, 0.2) is 0 Å². The molecule has 0 unspecified atom stereocenters. The monoisotopic (exact) mass is 230 g/mol. The summed E-state index contributed by atoms with van der Waals surface area (Å²) < 4.78 is 5.11. The molecule has 0 aromatic rings. The van der Waals surface area contributed by atoms with E-state index in [0.717, 1.165) is 12.8 Å². The van der Waals surface area contributed by atoms with Crippen LogP contribution in [0.5, 0.6) is 0 Å². The van der Waals surface area contributed by atoms with Crippen molar-refractivity contribution in [1.29, 1.82) is 0 Å². The van der Waals surface area contributed by atoms with Crippen LogP contribution in [0.3, 0.4) is 0 Å². The number of aliphatic hydroxyl groups excluding tert-OH is 1. The zero-order valence-electron chi connectivity index (χ0n) is 10.9. The summed E-state index contributed by atoms with van der Waals surface area (Å²) in [6, 6.07) is 0. The lowest BCUT2D eigenvalue weighted by molar-refractivity contribution is -0.144. The molecule has 3 heteroatoms. The van der Waals surface area contributed by atoms with E-state index in [1.807, 2.05) is 13.8 Å². The summed E-state index contributed by atoms with van der Waals surface area (Å²) in [4.78, 5) is 11.3. The largest absolute Gasteiger partial charge is 0.466 e. The molecule has 96 valence electrons. The molecule has 3 nitrogen and oxygen atoms in total. The predicted octanol–water partition coefficient (Wildman–Crippen LogP) is 2.91. The molecular weight excluding hydrogens is 204 g/mol. The molecule has 0 atom stereocenters. The Morgan fingerprint density at radius 1 is 1.25 bits per heavy atom. The molecule has 0 radical (unpaired) electrons. The van der Waals surface area contributed by atoms with Crippen molar-refractivity contribution in [3.05, 3.63) is 0 Å². The Kier molecular flexibility index (Phi) is 8.26. The van der Waals surface area contributed by atoms with E-state index in [1.165, 1.54) is 12.8 Å². The van der Waals surface area contributed by atoms with Crippen molar-refractivity contribution in [2.75, 3.05) is 13.2 Å². The van der Waals surface area contributed by atoms with Crippen LogP contribution in [0.2, 0.25) is 0 Å². The van der Waals surface area contributed by atoms with E-state index in [-0.39, 0.29) is 18.0 Å². The van der Waals surface area contributed by atoms with Crippen molar-refractivity contribution in [3.8, 4) is 0 Å². The lowest BCUT2D eigenvalue weighted by Crippen LogP contribution is -2.19. The van der Waals surface area contributed by atoms with Crippen LogP contribution in [-0.2, 0) is 9.53 Å². The van der Waals surface area contributed by atoms with Crippen LogP contribution in [0.25, 0.3) is 0 Å². The van der Waals surface area contributed by atoms with Crippen molar-refractivity contribution in [1.82, 2.24) is 0 Å². The molecule has 0 aromatic heterocycles. The highest BCUT2D eigenvalue weighted by atomic mass is 16.5. The third-order valence-corrected chi connectivity index (χ3v) is 2.69. The van der Waals surface area contributed by atoms with Gasteiger partial charge >= 0.3 is 5.97 Å². The second kappa shape index (κ2) is 8.57. The summed E-state index contributed by atoms with van der Waals surface area (Å²) in [5, 5.41) is 9.03. The van der Waals surface area contributed by atoms with Gasteiger partial charge in [-0.1, -0.05) is 40.0 Å². The second-order valence-corrected chi connectivity index (χ2v) is 5.10. The highest BCUT2D eigenvalue weighted by Gasteiger charge is 2.18. The van der Waals surface area contributed by atoms with Gasteiger partial charge in [-0.3, -0.25) is 4.79 Å². The predicted molar refractivity (Wildman–Crippen MR) is 65.2 cm³/mol. The molecule has 0 spiro atoms. The highest BCUT2D eigenvalue weighted by molar-refractivity contribution is 5.69. The van der Waals surface area contributed by atoms with Crippen LogP contribution in [0.15, 0.2) is 0 Å². The van der Waals surface area contributed by atoms with Gasteiger partial charge in [0.05, 0.1) is 6.61 Å². The summed E-state index contributed by atoms with van der Waals surface area (Å²) in [5.74, 6) is -0.141. The Bertz CT molecular complexity index is 188. The first-order valence-electron chi connectivity index (χ1n) is 6.28. The third-order valence-electron chi connectivity index (χ3n) is 2.69. The van der Waals surface area contributed by atoms with Crippen LogP contribution in [0, 0.1) is 5.41 Å². The quantitative estimate of drug-likeness (QED) is 0.489. The van der Waals surface area contributed by atoms with E-state index in [9.17, 15) is 4.79 Å². The Morgan fingerprint density at radius 2 is 1.94 bits per heavy atom. The molecule has 0 heterocycles. The number of carbonyl (C=O) groups is 1. The maximum atomic E-state index is 11.3. The number of esters is 1. The highest BCUT2D eigenvalue weighted by Crippen LogP contribution is 2.21. The van der Waals surface area contributed by atoms with Crippen LogP contribution >= 0.6 is 0 Å². The van der Waals surface area contributed by atoms with Crippen LogP contribution < -0.4 is 0 Å². The van der Waals surface area contributed by atoms with Crippen molar-refractivity contribution < 1.29 is 14.6 Å². The normalized spacial score (nSPS) is 11.5. The number of unbranched alkanes of at least 4 members (excludes halogenated alkanes) is 3. The Balaban J connectivity index is 3.45. The SMILES string of the molecule is CCCCCCOC(=O)CCC(C)(C)CO. The molecule has 0 bridgehead atoms. The van der Waals surface area contributed by atoms with Gasteiger partial charge in [-0.2, -0.15) is 0 Å². The summed E-state index contributed by atoms with van der Waals surface area (Å²) in [6.07, 6.45) is 5.57. The first kappa shape index (κ1) is 15.4. The fraction of sp³-hybridized carbons (Fsp3) is 0.923. The fourth-order valence-corrected chi connectivity index (χ4v) is 1.31. The number of ether oxygens (including phenoxy) is 1. The topological polar surface area (TPSA) is 46.5 Å². The molecule has 0 saturated carbocycles. The smallest absolute Gasteiger partial charge is 0.305 e. The number of hydrogen-bond donors (Lipinski definition) is 1. The van der Waals surface area contributed by atoms with Gasteiger partial charge in [0.1, 0.15) is 0 Å². The minimum atomic E-state index is -0.179. The average molecular weight is 230 g/mol. The molecule has 0 aliphatic carbocycles. The van der Waals surface area contributed by atoms with E-state index in [0.29, 0.717) is 19.4 Å².